The second-order valence-corrected chi connectivity index (χ2v) is 4.14. The maximum absolute atomic E-state index is 11.1. The third-order valence-corrected chi connectivity index (χ3v) is 2.89. The van der Waals surface area contributed by atoms with Crippen molar-refractivity contribution in [3.63, 3.8) is 0 Å². The first-order valence-corrected chi connectivity index (χ1v) is 5.50. The van der Waals surface area contributed by atoms with E-state index >= 15 is 0 Å². The highest BCUT2D eigenvalue weighted by Crippen LogP contribution is 2.32. The van der Waals surface area contributed by atoms with Gasteiger partial charge in [0.1, 0.15) is 5.76 Å². The number of benzene rings is 1. The van der Waals surface area contributed by atoms with Crippen molar-refractivity contribution in [2.24, 2.45) is 0 Å². The Hall–Kier alpha value is -1.88. The average molecular weight is 295 g/mol. The van der Waals surface area contributed by atoms with E-state index in [2.05, 4.69) is 15.9 Å². The molecule has 5 heteroatoms. The molecule has 0 aliphatic rings. The smallest absolute Gasteiger partial charge is 0.336 e. The van der Waals surface area contributed by atoms with Crippen molar-refractivity contribution in [3.8, 4) is 11.3 Å². The molecule has 1 heterocycles. The average Bonchev–Trinajstić information content (AvgIpc) is 2.76. The van der Waals surface area contributed by atoms with Crippen LogP contribution in [0.2, 0.25) is 0 Å². The van der Waals surface area contributed by atoms with E-state index in [-0.39, 0.29) is 11.3 Å². The molecule has 2 aromatic rings. The highest BCUT2D eigenvalue weighted by Gasteiger charge is 2.17. The predicted molar refractivity (Wildman–Crippen MR) is 64.2 cm³/mol. The fourth-order valence-electron chi connectivity index (χ4n) is 1.50. The fraction of sp³-hybridized carbons (Fsp3) is 0. The lowest BCUT2D eigenvalue weighted by Crippen LogP contribution is -1.99. The van der Waals surface area contributed by atoms with Crippen LogP contribution in [0.15, 0.2) is 39.2 Å². The number of hydrogen-bond acceptors (Lipinski definition) is 3. The van der Waals surface area contributed by atoms with Gasteiger partial charge < -0.3 is 9.52 Å². The van der Waals surface area contributed by atoms with Crippen LogP contribution in [0.5, 0.6) is 0 Å². The van der Waals surface area contributed by atoms with E-state index < -0.39 is 5.97 Å². The predicted octanol–water partition coefficient (Wildman–Crippen LogP) is 3.22. The van der Waals surface area contributed by atoms with Crippen molar-refractivity contribution >= 4 is 28.2 Å². The van der Waals surface area contributed by atoms with Crippen LogP contribution in [0.4, 0.5) is 0 Å². The molecule has 0 saturated heterocycles. The Labute approximate surface area is 105 Å². The highest BCUT2D eigenvalue weighted by molar-refractivity contribution is 9.10. The molecule has 0 amide bonds. The minimum Gasteiger partial charge on any atom is -0.478 e. The number of halogens is 1. The lowest BCUT2D eigenvalue weighted by atomic mass is 10.1. The van der Waals surface area contributed by atoms with E-state index in [4.69, 9.17) is 9.52 Å². The fourth-order valence-corrected chi connectivity index (χ4v) is 2.06. The van der Waals surface area contributed by atoms with Crippen molar-refractivity contribution in [1.82, 2.24) is 0 Å². The monoisotopic (exact) mass is 294 g/mol. The lowest BCUT2D eigenvalue weighted by molar-refractivity contribution is 0.0697. The zero-order valence-electron chi connectivity index (χ0n) is 8.51. The zero-order chi connectivity index (χ0) is 12.4. The Morgan fingerprint density at radius 1 is 1.29 bits per heavy atom. The molecule has 1 aromatic heterocycles. The summed E-state index contributed by atoms with van der Waals surface area (Å²) >= 11 is 3.27. The van der Waals surface area contributed by atoms with Crippen LogP contribution in [0.25, 0.3) is 11.3 Å². The number of rotatable bonds is 3. The molecule has 0 radical (unpaired) electrons. The molecular weight excluding hydrogens is 288 g/mol. The lowest BCUT2D eigenvalue weighted by Gasteiger charge is -2.05. The molecule has 0 saturated carbocycles. The summed E-state index contributed by atoms with van der Waals surface area (Å²) in [6.45, 7) is 0. The summed E-state index contributed by atoms with van der Waals surface area (Å²) in [4.78, 5) is 21.6. The maximum atomic E-state index is 11.1. The zero-order valence-corrected chi connectivity index (χ0v) is 10.1. The molecule has 1 N–H and O–H groups in total. The van der Waals surface area contributed by atoms with Crippen molar-refractivity contribution in [1.29, 1.82) is 0 Å². The standard InChI is InChI=1S/C12H7BrO4/c13-9-3-1-2-8(12(15)16)11(9)10-5-4-7(6-14)17-10/h1-6H,(H,15,16). The van der Waals surface area contributed by atoms with Gasteiger partial charge in [0.15, 0.2) is 12.0 Å². The van der Waals surface area contributed by atoms with Crippen LogP contribution in [-0.2, 0) is 0 Å². The summed E-state index contributed by atoms with van der Waals surface area (Å²) in [5, 5.41) is 9.08. The number of furan rings is 1. The Kier molecular flexibility index (Phi) is 3.10. The van der Waals surface area contributed by atoms with Gasteiger partial charge in [0.05, 0.1) is 5.56 Å². The molecule has 1 aromatic carbocycles. The van der Waals surface area contributed by atoms with Gasteiger partial charge in [-0.2, -0.15) is 0 Å². The largest absolute Gasteiger partial charge is 0.478 e. The molecule has 0 aliphatic carbocycles. The summed E-state index contributed by atoms with van der Waals surface area (Å²) in [6, 6.07) is 7.88. The Morgan fingerprint density at radius 3 is 2.65 bits per heavy atom. The number of carbonyl (C=O) groups excluding carboxylic acids is 1. The number of aldehydes is 1. The van der Waals surface area contributed by atoms with Crippen LogP contribution in [0.3, 0.4) is 0 Å². The van der Waals surface area contributed by atoms with Gasteiger partial charge in [-0.25, -0.2) is 4.79 Å². The molecule has 86 valence electrons. The minimum atomic E-state index is -1.05. The Morgan fingerprint density at radius 2 is 2.06 bits per heavy atom. The van der Waals surface area contributed by atoms with Crippen molar-refractivity contribution < 1.29 is 19.1 Å². The maximum Gasteiger partial charge on any atom is 0.336 e. The number of carboxylic acids is 1. The van der Waals surface area contributed by atoms with Gasteiger partial charge in [0.25, 0.3) is 0 Å². The molecule has 0 unspecified atom stereocenters. The topological polar surface area (TPSA) is 67.5 Å². The quantitative estimate of drug-likeness (QED) is 0.883. The molecule has 4 nitrogen and oxygen atoms in total. The number of aromatic carboxylic acids is 1. The van der Waals surface area contributed by atoms with Crippen LogP contribution in [0, 0.1) is 0 Å². The van der Waals surface area contributed by atoms with Crippen molar-refractivity contribution in [2.45, 2.75) is 0 Å². The third kappa shape index (κ3) is 2.14. The van der Waals surface area contributed by atoms with Gasteiger partial charge in [-0.3, -0.25) is 4.79 Å². The van der Waals surface area contributed by atoms with Crippen LogP contribution < -0.4 is 0 Å². The molecule has 0 atom stereocenters. The number of carboxylic acid groups (broad SMARTS) is 1. The van der Waals surface area contributed by atoms with Crippen molar-refractivity contribution in [3.05, 3.63) is 46.1 Å². The molecule has 17 heavy (non-hydrogen) atoms. The highest BCUT2D eigenvalue weighted by atomic mass is 79.9. The Bertz CT molecular complexity index is 586. The summed E-state index contributed by atoms with van der Waals surface area (Å²) in [5.41, 5.74) is 0.541. The van der Waals surface area contributed by atoms with E-state index in [1.165, 1.54) is 12.1 Å². The van der Waals surface area contributed by atoms with E-state index in [1.54, 1.807) is 18.2 Å². The first-order chi connectivity index (χ1) is 8.13. The molecule has 2 rings (SSSR count). The van der Waals surface area contributed by atoms with Gasteiger partial charge in [-0.15, -0.1) is 0 Å². The molecule has 0 bridgehead atoms. The summed E-state index contributed by atoms with van der Waals surface area (Å²) < 4.78 is 5.83. The first kappa shape index (κ1) is 11.6. The second kappa shape index (κ2) is 4.55. The number of hydrogen-bond donors (Lipinski definition) is 1. The molecule has 0 aliphatic heterocycles. The first-order valence-electron chi connectivity index (χ1n) is 4.70. The SMILES string of the molecule is O=Cc1ccc(-c2c(Br)cccc2C(=O)O)o1. The van der Waals surface area contributed by atoms with E-state index in [1.807, 2.05) is 0 Å². The Balaban J connectivity index is 2.64. The third-order valence-electron chi connectivity index (χ3n) is 2.23. The van der Waals surface area contributed by atoms with Crippen LogP contribution in [0.1, 0.15) is 20.9 Å². The number of carbonyl (C=O) groups is 2. The molecular formula is C12H7BrO4. The van der Waals surface area contributed by atoms with Crippen LogP contribution in [-0.4, -0.2) is 17.4 Å². The molecule has 0 spiro atoms. The van der Waals surface area contributed by atoms with Crippen LogP contribution >= 0.6 is 15.9 Å². The summed E-state index contributed by atoms with van der Waals surface area (Å²) in [6.07, 6.45) is 0.570. The summed E-state index contributed by atoms with van der Waals surface area (Å²) in [7, 11) is 0. The molecule has 0 fully saturated rings. The van der Waals surface area contributed by atoms with Crippen molar-refractivity contribution in [2.75, 3.05) is 0 Å². The van der Waals surface area contributed by atoms with Gasteiger partial charge in [-0.1, -0.05) is 22.0 Å². The van der Waals surface area contributed by atoms with Gasteiger partial charge >= 0.3 is 5.97 Å². The normalized spacial score (nSPS) is 10.2. The van der Waals surface area contributed by atoms with Gasteiger partial charge in [0, 0.05) is 10.0 Å². The van der Waals surface area contributed by atoms with Gasteiger partial charge in [0.2, 0.25) is 0 Å². The minimum absolute atomic E-state index is 0.117. The van der Waals surface area contributed by atoms with Gasteiger partial charge in [-0.05, 0) is 24.3 Å². The van der Waals surface area contributed by atoms with E-state index in [0.29, 0.717) is 22.1 Å². The van der Waals surface area contributed by atoms with E-state index in [0.717, 1.165) is 0 Å². The van der Waals surface area contributed by atoms with E-state index in [9.17, 15) is 9.59 Å². The second-order valence-electron chi connectivity index (χ2n) is 3.29. The summed E-state index contributed by atoms with van der Waals surface area (Å²) in [5.74, 6) is -0.547.